The zero-order chi connectivity index (χ0) is 10.9. The third kappa shape index (κ3) is 2.15. The van der Waals surface area contributed by atoms with Gasteiger partial charge in [0.15, 0.2) is 0 Å². The average molecular weight is 217 g/mol. The monoisotopic (exact) mass is 216 g/mol. The minimum Gasteiger partial charge on any atom is -0.385 e. The van der Waals surface area contributed by atoms with Crippen LogP contribution in [-0.4, -0.2) is 11.9 Å². The Hall–Kier alpha value is -0.830. The molecule has 78 valence electrons. The molecule has 0 bridgehead atoms. The Morgan fingerprint density at radius 2 is 1.79 bits per heavy atom. The molecule has 0 aromatic heterocycles. The van der Waals surface area contributed by atoms with Crippen molar-refractivity contribution in [2.75, 3.05) is 0 Å². The maximum absolute atomic E-state index is 11.2. The molecule has 1 atom stereocenters. The summed E-state index contributed by atoms with van der Waals surface area (Å²) in [6.07, 6.45) is 0.501. The van der Waals surface area contributed by atoms with Crippen LogP contribution in [0.25, 0.3) is 0 Å². The van der Waals surface area contributed by atoms with Gasteiger partial charge in [-0.15, -0.1) is 0 Å². The van der Waals surface area contributed by atoms with Crippen LogP contribution in [-0.2, 0) is 14.3 Å². The van der Waals surface area contributed by atoms with Crippen LogP contribution in [0.3, 0.4) is 0 Å². The van der Waals surface area contributed by atoms with Crippen LogP contribution in [0.4, 0.5) is 0 Å². The first-order valence-corrected chi connectivity index (χ1v) is 4.96. The molecule has 4 heteroatoms. The third-order valence-electron chi connectivity index (χ3n) is 2.54. The molecule has 0 saturated carbocycles. The Morgan fingerprint density at radius 3 is 2.14 bits per heavy atom. The van der Waals surface area contributed by atoms with Crippen molar-refractivity contribution in [3.8, 4) is 0 Å². The minimum atomic E-state index is -0.720. The number of cyclic esters (lactones) is 2. The van der Waals surface area contributed by atoms with E-state index in [0.29, 0.717) is 23.8 Å². The first-order valence-electron chi connectivity index (χ1n) is 4.58. The van der Waals surface area contributed by atoms with Gasteiger partial charge in [0.2, 0.25) is 0 Å². The number of ether oxygens (including phenoxy) is 1. The molecule has 0 spiro atoms. The van der Waals surface area contributed by atoms with E-state index in [2.05, 4.69) is 18.6 Å². The Bertz CT molecular complexity index is 304. The summed E-state index contributed by atoms with van der Waals surface area (Å²) in [7, 11) is 0. The molecule has 14 heavy (non-hydrogen) atoms. The van der Waals surface area contributed by atoms with Gasteiger partial charge in [0, 0.05) is 0 Å². The summed E-state index contributed by atoms with van der Waals surface area (Å²) in [5.74, 6) is -0.567. The maximum Gasteiger partial charge on any atom is 0.358 e. The number of carbonyl (C=O) groups is 2. The van der Waals surface area contributed by atoms with E-state index in [1.807, 2.05) is 6.92 Å². The fourth-order valence-electron chi connectivity index (χ4n) is 1.13. The first kappa shape index (κ1) is 11.2. The molecule has 0 radical (unpaired) electrons. The number of halogens is 1. The number of rotatable bonds is 3. The van der Waals surface area contributed by atoms with Crippen LogP contribution < -0.4 is 0 Å². The van der Waals surface area contributed by atoms with Crippen molar-refractivity contribution in [1.82, 2.24) is 0 Å². The van der Waals surface area contributed by atoms with Crippen molar-refractivity contribution in [2.45, 2.75) is 27.2 Å². The van der Waals surface area contributed by atoms with Crippen molar-refractivity contribution in [3.63, 3.8) is 0 Å². The molecule has 0 fully saturated rings. The normalized spacial score (nSPS) is 19.2. The summed E-state index contributed by atoms with van der Waals surface area (Å²) in [6.45, 7) is 6.13. The van der Waals surface area contributed by atoms with E-state index in [1.165, 1.54) is 0 Å². The molecule has 1 aliphatic heterocycles. The van der Waals surface area contributed by atoms with Crippen molar-refractivity contribution in [3.05, 3.63) is 10.6 Å². The topological polar surface area (TPSA) is 43.4 Å². The highest BCUT2D eigenvalue weighted by molar-refractivity contribution is 6.45. The lowest BCUT2D eigenvalue weighted by atomic mass is 9.91. The van der Waals surface area contributed by atoms with Crippen LogP contribution in [0.2, 0.25) is 0 Å². The van der Waals surface area contributed by atoms with E-state index >= 15 is 0 Å². The highest BCUT2D eigenvalue weighted by atomic mass is 35.5. The summed E-state index contributed by atoms with van der Waals surface area (Å²) >= 11 is 5.66. The molecule has 3 nitrogen and oxygen atoms in total. The molecule has 0 N–H and O–H groups in total. The van der Waals surface area contributed by atoms with Crippen LogP contribution in [0.1, 0.15) is 27.2 Å². The van der Waals surface area contributed by atoms with Gasteiger partial charge in [-0.2, -0.15) is 0 Å². The van der Waals surface area contributed by atoms with E-state index in [0.717, 1.165) is 0 Å². The second-order valence-electron chi connectivity index (χ2n) is 3.89. The van der Waals surface area contributed by atoms with Crippen LogP contribution >= 0.6 is 11.6 Å². The second kappa shape index (κ2) is 4.13. The fourth-order valence-corrected chi connectivity index (χ4v) is 1.33. The van der Waals surface area contributed by atoms with Gasteiger partial charge in [0.25, 0.3) is 0 Å². The smallest absolute Gasteiger partial charge is 0.358 e. The lowest BCUT2D eigenvalue weighted by Crippen LogP contribution is -2.09. The molecule has 1 heterocycles. The maximum atomic E-state index is 11.2. The quantitative estimate of drug-likeness (QED) is 0.537. The van der Waals surface area contributed by atoms with Crippen molar-refractivity contribution in [2.24, 2.45) is 11.8 Å². The molecule has 0 aliphatic carbocycles. The minimum absolute atomic E-state index is 0.0532. The number of esters is 2. The van der Waals surface area contributed by atoms with Crippen LogP contribution in [0.15, 0.2) is 10.6 Å². The molecule has 0 aromatic carbocycles. The summed E-state index contributed by atoms with van der Waals surface area (Å²) in [6, 6.07) is 0. The lowest BCUT2D eigenvalue weighted by molar-refractivity contribution is -0.150. The first-order chi connectivity index (χ1) is 6.43. The molecule has 1 unspecified atom stereocenters. The van der Waals surface area contributed by atoms with E-state index in [4.69, 9.17) is 11.6 Å². The summed E-state index contributed by atoms with van der Waals surface area (Å²) < 4.78 is 4.38. The lowest BCUT2D eigenvalue weighted by Gasteiger charge is -2.14. The summed E-state index contributed by atoms with van der Waals surface area (Å²) in [5.41, 5.74) is 0.317. The number of hydrogen-bond acceptors (Lipinski definition) is 3. The van der Waals surface area contributed by atoms with Crippen molar-refractivity contribution >= 4 is 23.5 Å². The molecule has 0 saturated heterocycles. The summed E-state index contributed by atoms with van der Waals surface area (Å²) in [5, 5.41) is -0.0532. The van der Waals surface area contributed by atoms with Gasteiger partial charge in [0.1, 0.15) is 5.03 Å². The van der Waals surface area contributed by atoms with Gasteiger partial charge in [0.05, 0.1) is 5.57 Å². The van der Waals surface area contributed by atoms with E-state index < -0.39 is 11.9 Å². The molecule has 0 aromatic rings. The third-order valence-corrected chi connectivity index (χ3v) is 2.92. The molecule has 1 aliphatic rings. The fraction of sp³-hybridized carbons (Fsp3) is 0.600. The largest absolute Gasteiger partial charge is 0.385 e. The van der Waals surface area contributed by atoms with E-state index in [-0.39, 0.29) is 5.03 Å². The molecule has 0 amide bonds. The molecular formula is C10H13ClO3. The zero-order valence-electron chi connectivity index (χ0n) is 8.46. The predicted octanol–water partition coefficient (Wildman–Crippen LogP) is 2.24. The Balaban J connectivity index is 2.78. The Labute approximate surface area is 88.1 Å². The highest BCUT2D eigenvalue weighted by Crippen LogP contribution is 2.28. The Morgan fingerprint density at radius 1 is 1.21 bits per heavy atom. The average Bonchev–Trinajstić information content (AvgIpc) is 2.32. The van der Waals surface area contributed by atoms with Crippen LogP contribution in [0, 0.1) is 11.8 Å². The number of carbonyl (C=O) groups excluding carboxylic acids is 2. The van der Waals surface area contributed by atoms with E-state index in [9.17, 15) is 9.59 Å². The standard InChI is InChI=1S/C10H13ClO3/c1-5(2)6(3)4-7-8(11)10(13)14-9(7)12/h5-6H,4H2,1-3H3. The SMILES string of the molecule is CC(C)C(C)CC1=C(Cl)C(=O)OC1=O. The summed E-state index contributed by atoms with van der Waals surface area (Å²) in [4.78, 5) is 22.1. The highest BCUT2D eigenvalue weighted by Gasteiger charge is 2.32. The van der Waals surface area contributed by atoms with Gasteiger partial charge < -0.3 is 4.74 Å². The second-order valence-corrected chi connectivity index (χ2v) is 4.27. The molecule has 1 rings (SSSR count). The van der Waals surface area contributed by atoms with Gasteiger partial charge in [-0.3, -0.25) is 0 Å². The van der Waals surface area contributed by atoms with Gasteiger partial charge >= 0.3 is 11.9 Å². The van der Waals surface area contributed by atoms with Gasteiger partial charge in [-0.05, 0) is 18.3 Å². The van der Waals surface area contributed by atoms with Crippen molar-refractivity contribution in [1.29, 1.82) is 0 Å². The predicted molar refractivity (Wildman–Crippen MR) is 52.6 cm³/mol. The zero-order valence-corrected chi connectivity index (χ0v) is 9.22. The molecular weight excluding hydrogens is 204 g/mol. The Kier molecular flexibility index (Phi) is 3.32. The van der Waals surface area contributed by atoms with E-state index in [1.54, 1.807) is 0 Å². The van der Waals surface area contributed by atoms with Crippen LogP contribution in [0.5, 0.6) is 0 Å². The van der Waals surface area contributed by atoms with Gasteiger partial charge in [-0.25, -0.2) is 9.59 Å². The van der Waals surface area contributed by atoms with Gasteiger partial charge in [-0.1, -0.05) is 32.4 Å². The number of hydrogen-bond donors (Lipinski definition) is 0. The van der Waals surface area contributed by atoms with Crippen molar-refractivity contribution < 1.29 is 14.3 Å².